The molecule has 0 radical (unpaired) electrons. The molecular formula is C22H24ClN3O3. The van der Waals surface area contributed by atoms with Crippen LogP contribution in [0.2, 0.25) is 5.02 Å². The van der Waals surface area contributed by atoms with Gasteiger partial charge in [0.1, 0.15) is 12.1 Å². The maximum Gasteiger partial charge on any atom is 0.325 e. The summed E-state index contributed by atoms with van der Waals surface area (Å²) >= 11 is 6.22. The van der Waals surface area contributed by atoms with Crippen LogP contribution >= 0.6 is 11.6 Å². The fraction of sp³-hybridized carbons (Fsp3) is 0.318. The van der Waals surface area contributed by atoms with Crippen molar-refractivity contribution in [3.63, 3.8) is 0 Å². The molecule has 0 unspecified atom stereocenters. The maximum absolute atomic E-state index is 12.9. The van der Waals surface area contributed by atoms with Crippen LogP contribution in [0.5, 0.6) is 0 Å². The standard InChI is InChI=1S/C22H24ClN3O3/c1-14-11-15(2)19(17(23)12-14)24-18(27)13-26-20(28)22(3,25-21(26)29)10-9-16-7-5-4-6-8-16/h4-8,11-12H,9-10,13H2,1-3H3,(H,24,27)(H,25,29)/t22-/m0/s1. The molecule has 2 aromatic carbocycles. The highest BCUT2D eigenvalue weighted by Gasteiger charge is 2.47. The molecule has 0 bridgehead atoms. The summed E-state index contributed by atoms with van der Waals surface area (Å²) in [5.41, 5.74) is 2.32. The van der Waals surface area contributed by atoms with Crippen molar-refractivity contribution in [1.29, 1.82) is 0 Å². The molecular weight excluding hydrogens is 390 g/mol. The average molecular weight is 414 g/mol. The topological polar surface area (TPSA) is 78.5 Å². The number of benzene rings is 2. The number of hydrogen-bond acceptors (Lipinski definition) is 3. The fourth-order valence-corrected chi connectivity index (χ4v) is 3.86. The molecule has 1 saturated heterocycles. The summed E-state index contributed by atoms with van der Waals surface area (Å²) < 4.78 is 0. The normalized spacial score (nSPS) is 18.7. The van der Waals surface area contributed by atoms with Crippen LogP contribution in [0.25, 0.3) is 0 Å². The van der Waals surface area contributed by atoms with Crippen LogP contribution in [0.15, 0.2) is 42.5 Å². The molecule has 1 aliphatic rings. The molecule has 152 valence electrons. The highest BCUT2D eigenvalue weighted by atomic mass is 35.5. The molecule has 3 rings (SSSR count). The molecule has 6 nitrogen and oxygen atoms in total. The smallest absolute Gasteiger partial charge is 0.323 e. The molecule has 1 atom stereocenters. The third kappa shape index (κ3) is 4.59. The molecule has 7 heteroatoms. The lowest BCUT2D eigenvalue weighted by atomic mass is 9.93. The van der Waals surface area contributed by atoms with Crippen molar-refractivity contribution in [2.24, 2.45) is 0 Å². The van der Waals surface area contributed by atoms with Crippen LogP contribution in [-0.2, 0) is 16.0 Å². The second-order valence-corrected chi connectivity index (χ2v) is 8.03. The van der Waals surface area contributed by atoms with Crippen molar-refractivity contribution in [1.82, 2.24) is 10.2 Å². The molecule has 0 spiro atoms. The SMILES string of the molecule is Cc1cc(C)c(NC(=O)CN2C(=O)N[C@@](C)(CCc3ccccc3)C2=O)c(Cl)c1. The fourth-order valence-electron chi connectivity index (χ4n) is 3.50. The third-order valence-electron chi connectivity index (χ3n) is 5.10. The Hall–Kier alpha value is -2.86. The van der Waals surface area contributed by atoms with E-state index in [0.717, 1.165) is 21.6 Å². The molecule has 29 heavy (non-hydrogen) atoms. The molecule has 1 fully saturated rings. The minimum Gasteiger partial charge on any atom is -0.323 e. The first-order valence-corrected chi connectivity index (χ1v) is 9.82. The molecule has 1 heterocycles. The molecule has 0 saturated carbocycles. The van der Waals surface area contributed by atoms with E-state index >= 15 is 0 Å². The number of anilines is 1. The number of aryl methyl sites for hydroxylation is 3. The number of amides is 4. The van der Waals surface area contributed by atoms with Gasteiger partial charge in [-0.3, -0.25) is 14.5 Å². The first-order chi connectivity index (χ1) is 13.7. The van der Waals surface area contributed by atoms with Crippen molar-refractivity contribution in [3.8, 4) is 0 Å². The van der Waals surface area contributed by atoms with Gasteiger partial charge in [-0.15, -0.1) is 0 Å². The first kappa shape index (κ1) is 20.9. The zero-order chi connectivity index (χ0) is 21.2. The van der Waals surface area contributed by atoms with Gasteiger partial charge in [0.25, 0.3) is 5.91 Å². The molecule has 0 aliphatic carbocycles. The predicted octanol–water partition coefficient (Wildman–Crippen LogP) is 3.84. The Bertz CT molecular complexity index is 938. The van der Waals surface area contributed by atoms with E-state index in [9.17, 15) is 14.4 Å². The molecule has 4 amide bonds. The molecule has 0 aromatic heterocycles. The van der Waals surface area contributed by atoms with Crippen LogP contribution in [0.3, 0.4) is 0 Å². The third-order valence-corrected chi connectivity index (χ3v) is 5.40. The quantitative estimate of drug-likeness (QED) is 0.706. The molecule has 2 aromatic rings. The van der Waals surface area contributed by atoms with Gasteiger partial charge in [-0.2, -0.15) is 0 Å². The minimum atomic E-state index is -1.04. The number of carbonyl (C=O) groups excluding carboxylic acids is 3. The summed E-state index contributed by atoms with van der Waals surface area (Å²) in [6, 6.07) is 12.8. The van der Waals surface area contributed by atoms with Gasteiger partial charge in [-0.1, -0.05) is 48.0 Å². The Morgan fingerprint density at radius 2 is 1.86 bits per heavy atom. The zero-order valence-electron chi connectivity index (χ0n) is 16.7. The van der Waals surface area contributed by atoms with E-state index < -0.39 is 23.4 Å². The Labute approximate surface area is 175 Å². The Morgan fingerprint density at radius 1 is 1.17 bits per heavy atom. The largest absolute Gasteiger partial charge is 0.325 e. The number of rotatable bonds is 6. The van der Waals surface area contributed by atoms with Gasteiger partial charge in [0.2, 0.25) is 5.91 Å². The highest BCUT2D eigenvalue weighted by Crippen LogP contribution is 2.28. The van der Waals surface area contributed by atoms with Gasteiger partial charge in [0, 0.05) is 0 Å². The summed E-state index contributed by atoms with van der Waals surface area (Å²) in [5.74, 6) is -0.880. The lowest BCUT2D eigenvalue weighted by molar-refractivity contribution is -0.133. The maximum atomic E-state index is 12.9. The summed E-state index contributed by atoms with van der Waals surface area (Å²) in [6.45, 7) is 5.07. The van der Waals surface area contributed by atoms with E-state index in [0.29, 0.717) is 23.6 Å². The van der Waals surface area contributed by atoms with Gasteiger partial charge in [-0.25, -0.2) is 4.79 Å². The van der Waals surface area contributed by atoms with Crippen LogP contribution < -0.4 is 10.6 Å². The van der Waals surface area contributed by atoms with Crippen LogP contribution in [-0.4, -0.2) is 34.8 Å². The summed E-state index contributed by atoms with van der Waals surface area (Å²) in [6.07, 6.45) is 1.09. The Balaban J connectivity index is 1.66. The lowest BCUT2D eigenvalue weighted by Crippen LogP contribution is -2.45. The van der Waals surface area contributed by atoms with Gasteiger partial charge in [0.05, 0.1) is 10.7 Å². The van der Waals surface area contributed by atoms with Crippen molar-refractivity contribution < 1.29 is 14.4 Å². The molecule has 1 aliphatic heterocycles. The molecule has 2 N–H and O–H groups in total. The second-order valence-electron chi connectivity index (χ2n) is 7.63. The van der Waals surface area contributed by atoms with Crippen molar-refractivity contribution in [2.75, 3.05) is 11.9 Å². The number of urea groups is 1. The average Bonchev–Trinajstić information content (AvgIpc) is 2.87. The number of imide groups is 1. The summed E-state index contributed by atoms with van der Waals surface area (Å²) in [4.78, 5) is 38.7. The van der Waals surface area contributed by atoms with E-state index in [1.165, 1.54) is 0 Å². The van der Waals surface area contributed by atoms with Crippen molar-refractivity contribution in [3.05, 3.63) is 64.2 Å². The van der Waals surface area contributed by atoms with Crippen molar-refractivity contribution in [2.45, 2.75) is 39.2 Å². The van der Waals surface area contributed by atoms with E-state index in [-0.39, 0.29) is 6.54 Å². The highest BCUT2D eigenvalue weighted by molar-refractivity contribution is 6.34. The van der Waals surface area contributed by atoms with E-state index in [1.54, 1.807) is 13.0 Å². The Kier molecular flexibility index (Phi) is 5.94. The van der Waals surface area contributed by atoms with Crippen LogP contribution in [0, 0.1) is 13.8 Å². The van der Waals surface area contributed by atoms with E-state index in [4.69, 9.17) is 11.6 Å². The summed E-state index contributed by atoms with van der Waals surface area (Å²) in [5, 5.41) is 5.86. The number of nitrogens with one attached hydrogen (secondary N) is 2. The van der Waals surface area contributed by atoms with Gasteiger partial charge >= 0.3 is 6.03 Å². The lowest BCUT2D eigenvalue weighted by Gasteiger charge is -2.21. The first-order valence-electron chi connectivity index (χ1n) is 9.44. The number of carbonyl (C=O) groups is 3. The van der Waals surface area contributed by atoms with E-state index in [1.807, 2.05) is 50.2 Å². The number of hydrogen-bond donors (Lipinski definition) is 2. The number of nitrogens with zero attached hydrogens (tertiary/aromatic N) is 1. The van der Waals surface area contributed by atoms with Gasteiger partial charge < -0.3 is 10.6 Å². The number of halogens is 1. The van der Waals surface area contributed by atoms with Crippen molar-refractivity contribution >= 4 is 35.1 Å². The van der Waals surface area contributed by atoms with Crippen LogP contribution in [0.4, 0.5) is 10.5 Å². The van der Waals surface area contributed by atoms with E-state index in [2.05, 4.69) is 10.6 Å². The zero-order valence-corrected chi connectivity index (χ0v) is 17.5. The van der Waals surface area contributed by atoms with Crippen LogP contribution in [0.1, 0.15) is 30.0 Å². The second kappa shape index (κ2) is 8.25. The monoisotopic (exact) mass is 413 g/mol. The van der Waals surface area contributed by atoms with Gasteiger partial charge in [-0.05, 0) is 56.4 Å². The Morgan fingerprint density at radius 3 is 2.52 bits per heavy atom. The minimum absolute atomic E-state index is 0.366. The predicted molar refractivity (Wildman–Crippen MR) is 113 cm³/mol. The summed E-state index contributed by atoms with van der Waals surface area (Å²) in [7, 11) is 0. The van der Waals surface area contributed by atoms with Gasteiger partial charge in [0.15, 0.2) is 0 Å².